The highest BCUT2D eigenvalue weighted by atomic mass is 32.2. The third kappa shape index (κ3) is 4.66. The molecular weight excluding hydrogens is 238 g/mol. The molecule has 0 bridgehead atoms. The minimum absolute atomic E-state index is 0.693. The van der Waals surface area contributed by atoms with E-state index in [9.17, 15) is 0 Å². The molecule has 100 valence electrons. The molecule has 1 aliphatic carbocycles. The number of hydrogen-bond donors (Lipinski definition) is 1. The summed E-state index contributed by atoms with van der Waals surface area (Å²) >= 11 is 1.96. The van der Waals surface area contributed by atoms with Crippen LogP contribution in [0.1, 0.15) is 42.7 Å². The van der Waals surface area contributed by atoms with Gasteiger partial charge in [-0.1, -0.05) is 29.8 Å². The van der Waals surface area contributed by atoms with Gasteiger partial charge < -0.3 is 5.32 Å². The van der Waals surface area contributed by atoms with Crippen LogP contribution in [0.15, 0.2) is 24.3 Å². The Labute approximate surface area is 116 Å². The second kappa shape index (κ2) is 7.20. The SMILES string of the molecule is CSCCCC(CNC1CC1)c1ccc(C)cc1. The summed E-state index contributed by atoms with van der Waals surface area (Å²) < 4.78 is 0. The molecule has 1 atom stereocenters. The molecule has 2 rings (SSSR count). The first kappa shape index (κ1) is 14.0. The number of benzene rings is 1. The maximum Gasteiger partial charge on any atom is 0.00684 e. The van der Waals surface area contributed by atoms with Gasteiger partial charge in [-0.25, -0.2) is 0 Å². The summed E-state index contributed by atoms with van der Waals surface area (Å²) in [5.41, 5.74) is 2.87. The summed E-state index contributed by atoms with van der Waals surface area (Å²) in [6.07, 6.45) is 7.59. The molecule has 2 heteroatoms. The number of rotatable bonds is 8. The number of aryl methyl sites for hydroxylation is 1. The molecule has 0 radical (unpaired) electrons. The van der Waals surface area contributed by atoms with Gasteiger partial charge in [-0.15, -0.1) is 0 Å². The summed E-state index contributed by atoms with van der Waals surface area (Å²) in [6, 6.07) is 9.93. The van der Waals surface area contributed by atoms with Gasteiger partial charge in [-0.2, -0.15) is 11.8 Å². The quantitative estimate of drug-likeness (QED) is 0.712. The number of thioether (sulfide) groups is 1. The molecule has 0 aliphatic heterocycles. The summed E-state index contributed by atoms with van der Waals surface area (Å²) in [4.78, 5) is 0. The van der Waals surface area contributed by atoms with Crippen molar-refractivity contribution in [3.05, 3.63) is 35.4 Å². The van der Waals surface area contributed by atoms with E-state index in [1.807, 2.05) is 11.8 Å². The van der Waals surface area contributed by atoms with Crippen LogP contribution in [0, 0.1) is 6.92 Å². The van der Waals surface area contributed by atoms with Gasteiger partial charge >= 0.3 is 0 Å². The third-order valence-corrected chi connectivity index (χ3v) is 4.38. The zero-order valence-electron chi connectivity index (χ0n) is 11.6. The van der Waals surface area contributed by atoms with E-state index in [1.54, 1.807) is 0 Å². The van der Waals surface area contributed by atoms with E-state index in [4.69, 9.17) is 0 Å². The molecule has 0 heterocycles. The van der Waals surface area contributed by atoms with E-state index in [0.717, 1.165) is 12.6 Å². The van der Waals surface area contributed by atoms with Gasteiger partial charge in [0.25, 0.3) is 0 Å². The van der Waals surface area contributed by atoms with Crippen molar-refractivity contribution in [2.24, 2.45) is 0 Å². The van der Waals surface area contributed by atoms with E-state index in [2.05, 4.69) is 42.8 Å². The fraction of sp³-hybridized carbons (Fsp3) is 0.625. The van der Waals surface area contributed by atoms with Crippen LogP contribution >= 0.6 is 11.8 Å². The third-order valence-electron chi connectivity index (χ3n) is 3.68. The Kier molecular flexibility index (Phi) is 5.58. The summed E-state index contributed by atoms with van der Waals surface area (Å²) in [5, 5.41) is 3.69. The largest absolute Gasteiger partial charge is 0.313 e. The molecular formula is C16H25NS. The molecule has 0 saturated heterocycles. The lowest BCUT2D eigenvalue weighted by atomic mass is 9.93. The van der Waals surface area contributed by atoms with Crippen LogP contribution in [0.2, 0.25) is 0 Å². The smallest absolute Gasteiger partial charge is 0.00684 e. The predicted octanol–water partition coefficient (Wildman–Crippen LogP) is 3.97. The predicted molar refractivity (Wildman–Crippen MR) is 82.6 cm³/mol. The maximum atomic E-state index is 3.69. The minimum atomic E-state index is 0.693. The van der Waals surface area contributed by atoms with Gasteiger partial charge in [0.05, 0.1) is 0 Å². The summed E-state index contributed by atoms with van der Waals surface area (Å²) in [6.45, 7) is 3.32. The zero-order valence-corrected chi connectivity index (χ0v) is 12.4. The lowest BCUT2D eigenvalue weighted by Crippen LogP contribution is -2.23. The fourth-order valence-electron chi connectivity index (χ4n) is 2.30. The number of hydrogen-bond acceptors (Lipinski definition) is 2. The van der Waals surface area contributed by atoms with Crippen LogP contribution in [0.5, 0.6) is 0 Å². The normalized spacial score (nSPS) is 16.8. The van der Waals surface area contributed by atoms with E-state index in [1.165, 1.54) is 42.6 Å². The molecule has 1 aliphatic rings. The van der Waals surface area contributed by atoms with Crippen LogP contribution in [0.3, 0.4) is 0 Å². The van der Waals surface area contributed by atoms with E-state index >= 15 is 0 Å². The average molecular weight is 263 g/mol. The molecule has 1 aromatic carbocycles. The van der Waals surface area contributed by atoms with Gasteiger partial charge in [0, 0.05) is 12.6 Å². The second-order valence-corrected chi connectivity index (χ2v) is 6.41. The first-order valence-electron chi connectivity index (χ1n) is 7.08. The highest BCUT2D eigenvalue weighted by Crippen LogP contribution is 2.25. The van der Waals surface area contributed by atoms with Crippen molar-refractivity contribution >= 4 is 11.8 Å². The molecule has 0 amide bonds. The minimum Gasteiger partial charge on any atom is -0.313 e. The lowest BCUT2D eigenvalue weighted by molar-refractivity contribution is 0.544. The van der Waals surface area contributed by atoms with Crippen LogP contribution in [0.25, 0.3) is 0 Å². The van der Waals surface area contributed by atoms with Gasteiger partial charge in [0.1, 0.15) is 0 Å². The van der Waals surface area contributed by atoms with Crippen LogP contribution < -0.4 is 5.32 Å². The van der Waals surface area contributed by atoms with Crippen LogP contribution in [0.4, 0.5) is 0 Å². The molecule has 1 fully saturated rings. The molecule has 0 spiro atoms. The van der Waals surface area contributed by atoms with Gasteiger partial charge in [0.15, 0.2) is 0 Å². The topological polar surface area (TPSA) is 12.0 Å². The highest BCUT2D eigenvalue weighted by Gasteiger charge is 2.22. The van der Waals surface area contributed by atoms with Crippen LogP contribution in [-0.4, -0.2) is 24.6 Å². The Morgan fingerprint density at radius 1 is 1.28 bits per heavy atom. The molecule has 1 N–H and O–H groups in total. The van der Waals surface area contributed by atoms with Crippen molar-refractivity contribution in [3.63, 3.8) is 0 Å². The van der Waals surface area contributed by atoms with Gasteiger partial charge in [-0.05, 0) is 56.1 Å². The van der Waals surface area contributed by atoms with Gasteiger partial charge in [0.2, 0.25) is 0 Å². The second-order valence-electron chi connectivity index (χ2n) is 5.43. The Bertz CT molecular complexity index is 343. The molecule has 1 saturated carbocycles. The van der Waals surface area contributed by atoms with E-state index in [-0.39, 0.29) is 0 Å². The summed E-state index contributed by atoms with van der Waals surface area (Å²) in [7, 11) is 0. The fourth-order valence-corrected chi connectivity index (χ4v) is 2.75. The molecule has 1 nitrogen and oxygen atoms in total. The van der Waals surface area contributed by atoms with Crippen molar-refractivity contribution in [2.45, 2.75) is 44.6 Å². The zero-order chi connectivity index (χ0) is 12.8. The Morgan fingerprint density at radius 3 is 2.61 bits per heavy atom. The van der Waals surface area contributed by atoms with Crippen molar-refractivity contribution in [1.82, 2.24) is 5.32 Å². The molecule has 18 heavy (non-hydrogen) atoms. The van der Waals surface area contributed by atoms with E-state index in [0.29, 0.717) is 5.92 Å². The Morgan fingerprint density at radius 2 is 2.00 bits per heavy atom. The molecule has 1 aromatic rings. The first-order valence-corrected chi connectivity index (χ1v) is 8.48. The number of nitrogens with one attached hydrogen (secondary N) is 1. The van der Waals surface area contributed by atoms with Crippen LogP contribution in [-0.2, 0) is 0 Å². The van der Waals surface area contributed by atoms with Crippen molar-refractivity contribution < 1.29 is 0 Å². The molecule has 0 aromatic heterocycles. The highest BCUT2D eigenvalue weighted by molar-refractivity contribution is 7.98. The van der Waals surface area contributed by atoms with Crippen molar-refractivity contribution in [1.29, 1.82) is 0 Å². The average Bonchev–Trinajstić information content (AvgIpc) is 3.19. The Balaban J connectivity index is 1.90. The standard InChI is InChI=1S/C16H25NS/c1-13-5-7-14(8-6-13)15(4-3-11-18-2)12-17-16-9-10-16/h5-8,15-17H,3-4,9-12H2,1-2H3. The Hall–Kier alpha value is -0.470. The van der Waals surface area contributed by atoms with Gasteiger partial charge in [-0.3, -0.25) is 0 Å². The van der Waals surface area contributed by atoms with Crippen molar-refractivity contribution in [2.75, 3.05) is 18.6 Å². The van der Waals surface area contributed by atoms with Crippen molar-refractivity contribution in [3.8, 4) is 0 Å². The molecule has 1 unspecified atom stereocenters. The lowest BCUT2D eigenvalue weighted by Gasteiger charge is -2.18. The van der Waals surface area contributed by atoms with E-state index < -0.39 is 0 Å². The monoisotopic (exact) mass is 263 g/mol. The first-order chi connectivity index (χ1) is 8.79. The maximum absolute atomic E-state index is 3.69. The summed E-state index contributed by atoms with van der Waals surface area (Å²) in [5.74, 6) is 1.98.